The Hall–Kier alpha value is -1.34. The van der Waals surface area contributed by atoms with Crippen LogP contribution in [-0.4, -0.2) is 57.8 Å². The van der Waals surface area contributed by atoms with Gasteiger partial charge in [0.25, 0.3) is 0 Å². The smallest absolute Gasteiger partial charge is 0.328 e. The highest BCUT2D eigenvalue weighted by molar-refractivity contribution is 7.80. The van der Waals surface area contributed by atoms with Crippen LogP contribution in [-0.2, 0) is 14.7 Å². The Morgan fingerprint density at radius 1 is 1.25 bits per heavy atom. The molecule has 3 aliphatic rings. The summed E-state index contributed by atoms with van der Waals surface area (Å²) in [6, 6.07) is -0.997. The average molecular weight is 375 g/mol. The van der Waals surface area contributed by atoms with Crippen LogP contribution >= 0.6 is 11.3 Å². The molecule has 24 heavy (non-hydrogen) atoms. The maximum Gasteiger partial charge on any atom is 0.418 e. The van der Waals surface area contributed by atoms with Gasteiger partial charge in [0, 0.05) is 18.5 Å². The monoisotopic (exact) mass is 375 g/mol. The van der Waals surface area contributed by atoms with Crippen molar-refractivity contribution in [2.24, 2.45) is 5.73 Å². The lowest BCUT2D eigenvalue weighted by molar-refractivity contribution is -0.0317. The maximum absolute atomic E-state index is 12.4. The predicted molar refractivity (Wildman–Crippen MR) is 82.2 cm³/mol. The molecule has 1 aliphatic carbocycles. The van der Waals surface area contributed by atoms with E-state index in [4.69, 9.17) is 10.3 Å². The molecule has 3 heterocycles. The molecule has 3 fully saturated rings. The summed E-state index contributed by atoms with van der Waals surface area (Å²) in [7, 11) is -4.73. The van der Waals surface area contributed by atoms with E-state index in [1.165, 1.54) is 16.2 Å². The molecular formula is C12H17N5O5S2. The third-order valence-electron chi connectivity index (χ3n) is 4.76. The van der Waals surface area contributed by atoms with Gasteiger partial charge in [0.05, 0.1) is 12.1 Å². The van der Waals surface area contributed by atoms with Gasteiger partial charge in [-0.25, -0.2) is 4.79 Å². The van der Waals surface area contributed by atoms with Crippen LogP contribution in [0.1, 0.15) is 47.7 Å². The van der Waals surface area contributed by atoms with Gasteiger partial charge < -0.3 is 10.6 Å². The van der Waals surface area contributed by atoms with Crippen molar-refractivity contribution in [2.75, 3.05) is 6.54 Å². The molecule has 4 rings (SSSR count). The van der Waals surface area contributed by atoms with E-state index in [1.807, 2.05) is 0 Å². The number of nitrogens with two attached hydrogens (primary N) is 1. The second-order valence-electron chi connectivity index (χ2n) is 6.42. The Balaban J connectivity index is 1.51. The second kappa shape index (κ2) is 5.59. The summed E-state index contributed by atoms with van der Waals surface area (Å²) in [4.78, 5) is 13.9. The fourth-order valence-corrected chi connectivity index (χ4v) is 5.00. The highest BCUT2D eigenvalue weighted by atomic mass is 32.3. The average Bonchev–Trinajstić information content (AvgIpc) is 3.04. The summed E-state index contributed by atoms with van der Waals surface area (Å²) in [5.41, 5.74) is 5.80. The van der Waals surface area contributed by atoms with E-state index >= 15 is 0 Å². The Morgan fingerprint density at radius 3 is 2.62 bits per heavy atom. The zero-order chi connectivity index (χ0) is 17.1. The second-order valence-corrected chi connectivity index (χ2v) is 8.46. The van der Waals surface area contributed by atoms with E-state index in [-0.39, 0.29) is 12.1 Å². The summed E-state index contributed by atoms with van der Waals surface area (Å²) in [5.74, 6) is 0.344. The number of urea groups is 1. The molecule has 2 aliphatic heterocycles. The zero-order valence-corrected chi connectivity index (χ0v) is 14.2. The van der Waals surface area contributed by atoms with Crippen molar-refractivity contribution in [2.45, 2.75) is 49.7 Å². The van der Waals surface area contributed by atoms with Crippen molar-refractivity contribution in [3.05, 3.63) is 10.0 Å². The van der Waals surface area contributed by atoms with Crippen LogP contribution in [0, 0.1) is 0 Å². The van der Waals surface area contributed by atoms with Crippen molar-refractivity contribution in [1.82, 2.24) is 20.2 Å². The van der Waals surface area contributed by atoms with E-state index in [1.54, 1.807) is 0 Å². The van der Waals surface area contributed by atoms with E-state index in [0.717, 1.165) is 27.9 Å². The molecule has 2 amide bonds. The molecule has 2 atom stereocenters. The standard InChI is InChI=1S/C12H17N5O5S2/c13-7-3-6(4-7)10-14-15-11(23-10)9-2-1-8-5-16(9)12(18)17(8)22-24(19,20)21/h6-9H,1-5,13H2,(H,19,20,21)/t6?,7?,8-,9+/m1/s1. The molecule has 3 N–H and O–H groups in total. The fraction of sp³-hybridized carbons (Fsp3) is 0.750. The van der Waals surface area contributed by atoms with Crippen molar-refractivity contribution < 1.29 is 22.0 Å². The maximum atomic E-state index is 12.4. The van der Waals surface area contributed by atoms with Crippen molar-refractivity contribution in [3.63, 3.8) is 0 Å². The lowest BCUT2D eigenvalue weighted by Crippen LogP contribution is -2.35. The van der Waals surface area contributed by atoms with Crippen LogP contribution in [0.3, 0.4) is 0 Å². The van der Waals surface area contributed by atoms with Gasteiger partial charge in [0.15, 0.2) is 0 Å². The first-order valence-electron chi connectivity index (χ1n) is 7.67. The van der Waals surface area contributed by atoms with Crippen LogP contribution in [0.25, 0.3) is 0 Å². The minimum absolute atomic E-state index is 0.226. The molecule has 10 nitrogen and oxygen atoms in total. The lowest BCUT2D eigenvalue weighted by Gasteiger charge is -2.30. The quantitative estimate of drug-likeness (QED) is 0.722. The number of nitrogens with zero attached hydrogens (tertiary/aromatic N) is 4. The molecule has 132 valence electrons. The lowest BCUT2D eigenvalue weighted by atomic mass is 9.81. The topological polar surface area (TPSA) is 139 Å². The number of hydroxylamine groups is 2. The van der Waals surface area contributed by atoms with Crippen molar-refractivity contribution in [1.29, 1.82) is 0 Å². The highest BCUT2D eigenvalue weighted by Crippen LogP contribution is 2.42. The summed E-state index contributed by atoms with van der Waals surface area (Å²) in [6.07, 6.45) is 3.01. The molecular weight excluding hydrogens is 358 g/mol. The van der Waals surface area contributed by atoms with Crippen LogP contribution in [0.15, 0.2) is 0 Å². The minimum Gasteiger partial charge on any atom is -0.328 e. The molecule has 2 bridgehead atoms. The largest absolute Gasteiger partial charge is 0.418 e. The zero-order valence-electron chi connectivity index (χ0n) is 12.6. The van der Waals surface area contributed by atoms with Gasteiger partial charge in [0.1, 0.15) is 10.0 Å². The van der Waals surface area contributed by atoms with Gasteiger partial charge in [-0.05, 0) is 25.7 Å². The Kier molecular flexibility index (Phi) is 3.76. The Labute approximate surface area is 142 Å². The summed E-state index contributed by atoms with van der Waals surface area (Å²) in [6.45, 7) is 0.336. The Bertz CT molecular complexity index is 762. The third kappa shape index (κ3) is 2.77. The Morgan fingerprint density at radius 2 is 1.96 bits per heavy atom. The van der Waals surface area contributed by atoms with Gasteiger partial charge in [-0.15, -0.1) is 14.5 Å². The molecule has 0 aromatic carbocycles. The third-order valence-corrected chi connectivity index (χ3v) is 6.30. The van der Waals surface area contributed by atoms with E-state index in [2.05, 4.69) is 14.5 Å². The molecule has 2 saturated heterocycles. The number of hydrogen-bond acceptors (Lipinski definition) is 8. The fourth-order valence-electron chi connectivity index (χ4n) is 3.50. The van der Waals surface area contributed by atoms with E-state index in [9.17, 15) is 13.2 Å². The van der Waals surface area contributed by atoms with E-state index < -0.39 is 22.5 Å². The van der Waals surface area contributed by atoms with Gasteiger partial charge in [-0.2, -0.15) is 13.5 Å². The molecule has 1 aromatic rings. The molecule has 0 unspecified atom stereocenters. The first-order valence-corrected chi connectivity index (χ1v) is 9.85. The number of carbonyl (C=O) groups excluding carboxylic acids is 1. The van der Waals surface area contributed by atoms with Gasteiger partial charge in [-0.3, -0.25) is 4.55 Å². The normalized spacial score (nSPS) is 33.0. The van der Waals surface area contributed by atoms with Crippen LogP contribution in [0.4, 0.5) is 4.79 Å². The van der Waals surface area contributed by atoms with Gasteiger partial charge in [-0.1, -0.05) is 11.3 Å². The molecule has 0 radical (unpaired) electrons. The van der Waals surface area contributed by atoms with Crippen LogP contribution in [0.5, 0.6) is 0 Å². The summed E-state index contributed by atoms with van der Waals surface area (Å²) in [5, 5.41) is 10.9. The van der Waals surface area contributed by atoms with Crippen LogP contribution in [0.2, 0.25) is 0 Å². The first kappa shape index (κ1) is 16.1. The van der Waals surface area contributed by atoms with Crippen molar-refractivity contribution >= 4 is 27.8 Å². The highest BCUT2D eigenvalue weighted by Gasteiger charge is 2.48. The molecule has 0 spiro atoms. The number of carbonyl (C=O) groups is 1. The first-order chi connectivity index (χ1) is 11.3. The van der Waals surface area contributed by atoms with Gasteiger partial charge >= 0.3 is 16.4 Å². The number of aromatic nitrogens is 2. The SMILES string of the molecule is NC1CC(c2nnc([C@@H]3CC[C@@H]4CN3C(=O)N4OS(=O)(=O)O)s2)C1. The predicted octanol–water partition coefficient (Wildman–Crippen LogP) is 0.418. The number of amides is 2. The molecule has 1 aromatic heterocycles. The van der Waals surface area contributed by atoms with Gasteiger partial charge in [0.2, 0.25) is 0 Å². The van der Waals surface area contributed by atoms with Crippen molar-refractivity contribution in [3.8, 4) is 0 Å². The van der Waals surface area contributed by atoms with E-state index in [0.29, 0.717) is 25.3 Å². The van der Waals surface area contributed by atoms with Crippen LogP contribution < -0.4 is 5.73 Å². The minimum atomic E-state index is -4.73. The summed E-state index contributed by atoms with van der Waals surface area (Å²) >= 11 is 1.48. The number of piperidine rings is 1. The molecule has 12 heteroatoms. The number of rotatable bonds is 4. The number of hydrogen-bond donors (Lipinski definition) is 2. The number of fused-ring (bicyclic) bond motifs is 2. The summed E-state index contributed by atoms with van der Waals surface area (Å²) < 4.78 is 35.1. The molecule has 1 saturated carbocycles.